The smallest absolute Gasteiger partial charge is 0.254 e. The summed E-state index contributed by atoms with van der Waals surface area (Å²) in [7, 11) is -3.25. The van der Waals surface area contributed by atoms with E-state index in [0.29, 0.717) is 37.3 Å². The second kappa shape index (κ2) is 8.62. The average Bonchev–Trinajstić information content (AvgIpc) is 3.13. The van der Waals surface area contributed by atoms with Gasteiger partial charge in [-0.25, -0.2) is 8.42 Å². The number of hydrogen-bond donors (Lipinski definition) is 0. The fourth-order valence-electron chi connectivity index (χ4n) is 3.50. The summed E-state index contributed by atoms with van der Waals surface area (Å²) in [6.45, 7) is 1.32. The number of carbonyl (C=O) groups is 1. The number of aromatic nitrogens is 2. The minimum atomic E-state index is -3.25. The molecule has 3 aromatic rings. The van der Waals surface area contributed by atoms with Gasteiger partial charge in [0.2, 0.25) is 10.0 Å². The SMILES string of the molecule is O=C(c1ccc(N2CCCS2(=O)=O)cc1)N(Cc1ccncc1)Cc1cccnc1. The van der Waals surface area contributed by atoms with Gasteiger partial charge >= 0.3 is 0 Å². The molecule has 2 aromatic heterocycles. The van der Waals surface area contributed by atoms with Crippen molar-refractivity contribution in [1.29, 1.82) is 0 Å². The molecule has 154 valence electrons. The van der Waals surface area contributed by atoms with E-state index < -0.39 is 10.0 Å². The summed E-state index contributed by atoms with van der Waals surface area (Å²) < 4.78 is 25.7. The summed E-state index contributed by atoms with van der Waals surface area (Å²) in [4.78, 5) is 23.2. The summed E-state index contributed by atoms with van der Waals surface area (Å²) in [5.41, 5.74) is 3.01. The van der Waals surface area contributed by atoms with E-state index >= 15 is 0 Å². The molecule has 7 nitrogen and oxygen atoms in total. The second-order valence-electron chi connectivity index (χ2n) is 7.17. The van der Waals surface area contributed by atoms with Crippen molar-refractivity contribution in [3.8, 4) is 0 Å². The summed E-state index contributed by atoms with van der Waals surface area (Å²) in [6, 6.07) is 14.3. The quantitative estimate of drug-likeness (QED) is 0.610. The maximum Gasteiger partial charge on any atom is 0.254 e. The van der Waals surface area contributed by atoms with Crippen molar-refractivity contribution in [2.24, 2.45) is 0 Å². The van der Waals surface area contributed by atoms with E-state index in [9.17, 15) is 13.2 Å². The first-order valence-corrected chi connectivity index (χ1v) is 11.3. The fourth-order valence-corrected chi connectivity index (χ4v) is 5.07. The van der Waals surface area contributed by atoms with Gasteiger partial charge in [0.05, 0.1) is 11.4 Å². The molecule has 0 aliphatic carbocycles. The van der Waals surface area contributed by atoms with Gasteiger partial charge in [0.1, 0.15) is 0 Å². The lowest BCUT2D eigenvalue weighted by Gasteiger charge is -2.23. The molecule has 0 N–H and O–H groups in total. The van der Waals surface area contributed by atoms with Crippen LogP contribution in [-0.4, -0.2) is 41.5 Å². The molecule has 0 spiro atoms. The lowest BCUT2D eigenvalue weighted by Crippen LogP contribution is -2.30. The number of pyridine rings is 2. The van der Waals surface area contributed by atoms with Gasteiger partial charge in [0.15, 0.2) is 0 Å². The molecule has 1 saturated heterocycles. The highest BCUT2D eigenvalue weighted by Gasteiger charge is 2.28. The van der Waals surface area contributed by atoms with Crippen molar-refractivity contribution in [3.05, 3.63) is 90.0 Å². The van der Waals surface area contributed by atoms with Crippen LogP contribution in [0.2, 0.25) is 0 Å². The number of sulfonamides is 1. The topological polar surface area (TPSA) is 83.5 Å². The van der Waals surface area contributed by atoms with Crippen LogP contribution < -0.4 is 4.31 Å². The Labute approximate surface area is 176 Å². The summed E-state index contributed by atoms with van der Waals surface area (Å²) in [5, 5.41) is 0. The molecule has 8 heteroatoms. The number of hydrogen-bond acceptors (Lipinski definition) is 5. The van der Waals surface area contributed by atoms with Crippen molar-refractivity contribution in [2.75, 3.05) is 16.6 Å². The zero-order valence-corrected chi connectivity index (χ0v) is 17.2. The molecule has 0 saturated carbocycles. The van der Waals surface area contributed by atoms with Crippen molar-refractivity contribution < 1.29 is 13.2 Å². The largest absolute Gasteiger partial charge is 0.330 e. The second-order valence-corrected chi connectivity index (χ2v) is 9.18. The van der Waals surface area contributed by atoms with Gasteiger partial charge in [-0.15, -0.1) is 0 Å². The van der Waals surface area contributed by atoms with Gasteiger partial charge in [-0.3, -0.25) is 19.1 Å². The van der Waals surface area contributed by atoms with E-state index in [0.717, 1.165) is 11.1 Å². The Morgan fingerprint density at radius 2 is 1.67 bits per heavy atom. The van der Waals surface area contributed by atoms with Crippen molar-refractivity contribution >= 4 is 21.6 Å². The Morgan fingerprint density at radius 1 is 0.933 bits per heavy atom. The molecule has 0 bridgehead atoms. The lowest BCUT2D eigenvalue weighted by molar-refractivity contribution is 0.0730. The van der Waals surface area contributed by atoms with Crippen LogP contribution in [0, 0.1) is 0 Å². The first-order valence-electron chi connectivity index (χ1n) is 9.70. The molecule has 1 fully saturated rings. The molecule has 1 amide bonds. The Balaban J connectivity index is 1.57. The van der Waals surface area contributed by atoms with Crippen LogP contribution in [0.4, 0.5) is 5.69 Å². The van der Waals surface area contributed by atoms with Crippen molar-refractivity contribution in [1.82, 2.24) is 14.9 Å². The Kier molecular flexibility index (Phi) is 5.76. The summed E-state index contributed by atoms with van der Waals surface area (Å²) in [6.07, 6.45) is 7.46. The van der Waals surface area contributed by atoms with E-state index in [1.54, 1.807) is 54.0 Å². The molecule has 4 rings (SSSR count). The standard InChI is InChI=1S/C22H22N4O3S/c27-22(20-4-6-21(7-5-20)26-13-2-14-30(26,28)29)25(16-18-8-11-23-12-9-18)17-19-3-1-10-24-15-19/h1,3-12,15H,2,13-14,16-17H2. The predicted octanol–water partition coefficient (Wildman–Crippen LogP) is 2.86. The van der Waals surface area contributed by atoms with Gasteiger partial charge in [-0.1, -0.05) is 6.07 Å². The zero-order chi connectivity index (χ0) is 21.0. The van der Waals surface area contributed by atoms with Crippen LogP contribution in [0.5, 0.6) is 0 Å². The third-order valence-corrected chi connectivity index (χ3v) is 6.88. The first kappa shape index (κ1) is 20.0. The molecular formula is C22H22N4O3S. The number of carbonyl (C=O) groups excluding carboxylic acids is 1. The molecule has 1 aliphatic rings. The fraction of sp³-hybridized carbons (Fsp3) is 0.227. The molecule has 0 unspecified atom stereocenters. The normalized spacial score (nSPS) is 15.1. The highest BCUT2D eigenvalue weighted by atomic mass is 32.2. The molecule has 1 aromatic carbocycles. The Morgan fingerprint density at radius 3 is 2.30 bits per heavy atom. The molecule has 0 radical (unpaired) electrons. The highest BCUT2D eigenvalue weighted by molar-refractivity contribution is 7.93. The molecule has 30 heavy (non-hydrogen) atoms. The van der Waals surface area contributed by atoms with E-state index in [2.05, 4.69) is 9.97 Å². The summed E-state index contributed by atoms with van der Waals surface area (Å²) in [5.74, 6) is 0.0323. The van der Waals surface area contributed by atoms with Gasteiger partial charge in [0, 0.05) is 50.0 Å². The summed E-state index contributed by atoms with van der Waals surface area (Å²) >= 11 is 0. The zero-order valence-electron chi connectivity index (χ0n) is 16.4. The van der Waals surface area contributed by atoms with Crippen LogP contribution in [0.3, 0.4) is 0 Å². The molecular weight excluding hydrogens is 400 g/mol. The van der Waals surface area contributed by atoms with Crippen LogP contribution >= 0.6 is 0 Å². The van der Waals surface area contributed by atoms with Crippen LogP contribution in [0.15, 0.2) is 73.3 Å². The van der Waals surface area contributed by atoms with Crippen molar-refractivity contribution in [3.63, 3.8) is 0 Å². The number of rotatable bonds is 6. The minimum absolute atomic E-state index is 0.133. The van der Waals surface area contributed by atoms with Gasteiger partial charge in [-0.05, 0) is 60.0 Å². The number of anilines is 1. The average molecular weight is 423 g/mol. The van der Waals surface area contributed by atoms with E-state index in [1.165, 1.54) is 4.31 Å². The molecule has 0 atom stereocenters. The Hall–Kier alpha value is -3.26. The molecule has 1 aliphatic heterocycles. The lowest BCUT2D eigenvalue weighted by atomic mass is 10.1. The van der Waals surface area contributed by atoms with E-state index in [1.807, 2.05) is 24.3 Å². The van der Waals surface area contributed by atoms with Crippen LogP contribution in [-0.2, 0) is 23.1 Å². The first-order chi connectivity index (χ1) is 14.5. The van der Waals surface area contributed by atoms with E-state index in [4.69, 9.17) is 0 Å². The maximum atomic E-state index is 13.3. The van der Waals surface area contributed by atoms with Gasteiger partial charge < -0.3 is 4.90 Å². The number of amides is 1. The third kappa shape index (κ3) is 4.49. The van der Waals surface area contributed by atoms with Gasteiger partial charge in [-0.2, -0.15) is 0 Å². The van der Waals surface area contributed by atoms with Crippen LogP contribution in [0.1, 0.15) is 27.9 Å². The number of nitrogens with zero attached hydrogens (tertiary/aromatic N) is 4. The Bertz CT molecular complexity index is 1060. The van der Waals surface area contributed by atoms with Crippen molar-refractivity contribution in [2.45, 2.75) is 19.5 Å². The molecule has 3 heterocycles. The third-order valence-electron chi connectivity index (χ3n) is 5.01. The predicted molar refractivity (Wildman–Crippen MR) is 114 cm³/mol. The maximum absolute atomic E-state index is 13.3. The highest BCUT2D eigenvalue weighted by Crippen LogP contribution is 2.25. The van der Waals surface area contributed by atoms with E-state index in [-0.39, 0.29) is 11.7 Å². The number of benzene rings is 1. The monoisotopic (exact) mass is 422 g/mol. The van der Waals surface area contributed by atoms with Gasteiger partial charge in [0.25, 0.3) is 5.91 Å². The van der Waals surface area contributed by atoms with Crippen LogP contribution in [0.25, 0.3) is 0 Å². The minimum Gasteiger partial charge on any atom is -0.330 e.